The van der Waals surface area contributed by atoms with Crippen molar-refractivity contribution in [3.63, 3.8) is 0 Å². The van der Waals surface area contributed by atoms with E-state index in [9.17, 15) is 9.59 Å². The molecule has 0 aliphatic rings. The minimum absolute atomic E-state index is 0.0530. The van der Waals surface area contributed by atoms with Gasteiger partial charge in [-0.2, -0.15) is 0 Å². The molecular weight excluding hydrogens is 314 g/mol. The fraction of sp³-hybridized carbons (Fsp3) is 0.300. The van der Waals surface area contributed by atoms with E-state index in [0.717, 1.165) is 16.9 Å². The number of benzene rings is 2. The third-order valence-corrected chi connectivity index (χ3v) is 3.87. The summed E-state index contributed by atoms with van der Waals surface area (Å²) < 4.78 is 0. The molecule has 5 heteroatoms. The fourth-order valence-corrected chi connectivity index (χ4v) is 2.59. The smallest absolute Gasteiger partial charge is 0.245 e. The van der Waals surface area contributed by atoms with E-state index in [1.54, 1.807) is 0 Å². The molecule has 0 radical (unpaired) electrons. The van der Waals surface area contributed by atoms with Crippen LogP contribution in [-0.2, 0) is 16.1 Å². The van der Waals surface area contributed by atoms with Crippen molar-refractivity contribution in [3.8, 4) is 0 Å². The maximum absolute atomic E-state index is 12.7. The molecular formula is C20H25N3O2. The van der Waals surface area contributed by atoms with Crippen LogP contribution >= 0.6 is 0 Å². The highest BCUT2D eigenvalue weighted by atomic mass is 16.2. The molecule has 5 nitrogen and oxygen atoms in total. The first-order valence-corrected chi connectivity index (χ1v) is 8.46. The van der Waals surface area contributed by atoms with E-state index in [2.05, 4.69) is 10.6 Å². The largest absolute Gasteiger partial charge is 0.374 e. The summed E-state index contributed by atoms with van der Waals surface area (Å²) in [5, 5.41) is 5.94. The number of amides is 2. The summed E-state index contributed by atoms with van der Waals surface area (Å²) in [7, 11) is 0. The van der Waals surface area contributed by atoms with Crippen molar-refractivity contribution < 1.29 is 9.59 Å². The van der Waals surface area contributed by atoms with Crippen molar-refractivity contribution in [2.75, 3.05) is 17.2 Å². The lowest BCUT2D eigenvalue weighted by atomic mass is 10.2. The normalized spacial score (nSPS) is 11.5. The summed E-state index contributed by atoms with van der Waals surface area (Å²) >= 11 is 0. The van der Waals surface area contributed by atoms with Crippen LogP contribution in [0, 0.1) is 0 Å². The van der Waals surface area contributed by atoms with Gasteiger partial charge in [0.1, 0.15) is 6.04 Å². The third kappa shape index (κ3) is 5.64. The average molecular weight is 339 g/mol. The van der Waals surface area contributed by atoms with Crippen LogP contribution in [0.1, 0.15) is 26.3 Å². The van der Waals surface area contributed by atoms with Gasteiger partial charge in [-0.25, -0.2) is 0 Å². The lowest BCUT2D eigenvalue weighted by Gasteiger charge is -2.25. The minimum Gasteiger partial charge on any atom is -0.374 e. The number of anilines is 2. The van der Waals surface area contributed by atoms with E-state index in [-0.39, 0.29) is 17.9 Å². The molecule has 25 heavy (non-hydrogen) atoms. The Morgan fingerprint density at radius 1 is 1.00 bits per heavy atom. The first-order chi connectivity index (χ1) is 12.0. The standard InChI is InChI=1S/C20H25N3O2/c1-4-23(14-17-8-6-5-7-9-17)20(25)15(2)21-18-10-12-19(13-11-18)22-16(3)24/h5-13,15,21H,4,14H2,1-3H3,(H,22,24)/t15-/m0/s1. The van der Waals surface area contributed by atoms with E-state index in [1.807, 2.05) is 73.3 Å². The van der Waals surface area contributed by atoms with Crippen molar-refractivity contribution in [2.45, 2.75) is 33.4 Å². The second kappa shape index (κ2) is 8.87. The van der Waals surface area contributed by atoms with E-state index in [4.69, 9.17) is 0 Å². The second-order valence-electron chi connectivity index (χ2n) is 5.96. The van der Waals surface area contributed by atoms with Gasteiger partial charge < -0.3 is 15.5 Å². The summed E-state index contributed by atoms with van der Waals surface area (Å²) in [6.45, 7) is 6.57. The molecule has 2 N–H and O–H groups in total. The number of nitrogens with one attached hydrogen (secondary N) is 2. The molecule has 0 aromatic heterocycles. The Morgan fingerprint density at radius 3 is 2.16 bits per heavy atom. The summed E-state index contributed by atoms with van der Waals surface area (Å²) in [5.41, 5.74) is 2.69. The molecule has 132 valence electrons. The second-order valence-corrected chi connectivity index (χ2v) is 5.96. The van der Waals surface area contributed by atoms with Gasteiger partial charge in [-0.3, -0.25) is 9.59 Å². The monoisotopic (exact) mass is 339 g/mol. The fourth-order valence-electron chi connectivity index (χ4n) is 2.59. The van der Waals surface area contributed by atoms with Gasteiger partial charge in [-0.1, -0.05) is 30.3 Å². The maximum Gasteiger partial charge on any atom is 0.245 e. The van der Waals surface area contributed by atoms with Crippen LogP contribution in [0.15, 0.2) is 54.6 Å². The van der Waals surface area contributed by atoms with E-state index in [1.165, 1.54) is 6.92 Å². The van der Waals surface area contributed by atoms with Gasteiger partial charge in [0.25, 0.3) is 0 Å². The molecule has 0 bridgehead atoms. The van der Waals surface area contributed by atoms with Gasteiger partial charge in [-0.15, -0.1) is 0 Å². The molecule has 0 fully saturated rings. The first kappa shape index (κ1) is 18.5. The molecule has 0 aliphatic carbocycles. The topological polar surface area (TPSA) is 61.4 Å². The number of hydrogen-bond acceptors (Lipinski definition) is 3. The molecule has 0 aliphatic heterocycles. The van der Waals surface area contributed by atoms with Gasteiger partial charge in [0.2, 0.25) is 11.8 Å². The Kier molecular flexibility index (Phi) is 6.57. The van der Waals surface area contributed by atoms with Crippen molar-refractivity contribution in [2.24, 2.45) is 0 Å². The van der Waals surface area contributed by atoms with Crippen LogP contribution in [0.3, 0.4) is 0 Å². The van der Waals surface area contributed by atoms with E-state index >= 15 is 0 Å². The van der Waals surface area contributed by atoms with Crippen molar-refractivity contribution >= 4 is 23.2 Å². The molecule has 0 heterocycles. The Labute approximate surface area is 149 Å². The third-order valence-electron chi connectivity index (χ3n) is 3.87. The lowest BCUT2D eigenvalue weighted by Crippen LogP contribution is -2.40. The number of rotatable bonds is 7. The zero-order valence-electron chi connectivity index (χ0n) is 15.0. The zero-order valence-corrected chi connectivity index (χ0v) is 15.0. The number of carbonyl (C=O) groups excluding carboxylic acids is 2. The molecule has 0 spiro atoms. The SMILES string of the molecule is CCN(Cc1ccccc1)C(=O)[C@H](C)Nc1ccc(NC(C)=O)cc1. The predicted octanol–water partition coefficient (Wildman–Crippen LogP) is 3.49. The molecule has 0 unspecified atom stereocenters. The predicted molar refractivity (Wildman–Crippen MR) is 101 cm³/mol. The molecule has 0 saturated heterocycles. The van der Waals surface area contributed by atoms with Crippen molar-refractivity contribution in [1.29, 1.82) is 0 Å². The number of likely N-dealkylation sites (N-methyl/N-ethyl adjacent to an activating group) is 1. The lowest BCUT2D eigenvalue weighted by molar-refractivity contribution is -0.132. The van der Waals surface area contributed by atoms with Gasteiger partial charge in [0, 0.05) is 31.4 Å². The van der Waals surface area contributed by atoms with Gasteiger partial charge in [-0.05, 0) is 43.7 Å². The van der Waals surface area contributed by atoms with E-state index in [0.29, 0.717) is 13.1 Å². The minimum atomic E-state index is -0.338. The summed E-state index contributed by atoms with van der Waals surface area (Å²) in [6, 6.07) is 16.9. The molecule has 1 atom stereocenters. The zero-order chi connectivity index (χ0) is 18.2. The maximum atomic E-state index is 12.7. The number of nitrogens with zero attached hydrogens (tertiary/aromatic N) is 1. The van der Waals surface area contributed by atoms with E-state index < -0.39 is 0 Å². The summed E-state index contributed by atoms with van der Waals surface area (Å²) in [5.74, 6) is -0.0546. The van der Waals surface area contributed by atoms with Gasteiger partial charge in [0.05, 0.1) is 0 Å². The number of hydrogen-bond donors (Lipinski definition) is 2. The molecule has 2 aromatic rings. The quantitative estimate of drug-likeness (QED) is 0.812. The first-order valence-electron chi connectivity index (χ1n) is 8.46. The average Bonchev–Trinajstić information content (AvgIpc) is 2.61. The number of carbonyl (C=O) groups is 2. The van der Waals surface area contributed by atoms with Crippen molar-refractivity contribution in [3.05, 3.63) is 60.2 Å². The Morgan fingerprint density at radius 2 is 1.60 bits per heavy atom. The van der Waals surface area contributed by atoms with Gasteiger partial charge in [0.15, 0.2) is 0 Å². The molecule has 2 rings (SSSR count). The van der Waals surface area contributed by atoms with Crippen LogP contribution < -0.4 is 10.6 Å². The van der Waals surface area contributed by atoms with Crippen LogP contribution in [-0.4, -0.2) is 29.3 Å². The highest BCUT2D eigenvalue weighted by Crippen LogP contribution is 2.15. The van der Waals surface area contributed by atoms with Crippen LogP contribution in [0.2, 0.25) is 0 Å². The van der Waals surface area contributed by atoms with Gasteiger partial charge >= 0.3 is 0 Å². The van der Waals surface area contributed by atoms with Crippen LogP contribution in [0.5, 0.6) is 0 Å². The highest BCUT2D eigenvalue weighted by Gasteiger charge is 2.19. The van der Waals surface area contributed by atoms with Crippen LogP contribution in [0.4, 0.5) is 11.4 Å². The molecule has 2 aromatic carbocycles. The van der Waals surface area contributed by atoms with Crippen LogP contribution in [0.25, 0.3) is 0 Å². The van der Waals surface area contributed by atoms with Crippen molar-refractivity contribution in [1.82, 2.24) is 4.90 Å². The highest BCUT2D eigenvalue weighted by molar-refractivity contribution is 5.89. The Balaban J connectivity index is 1.97. The Hall–Kier alpha value is -2.82. The summed E-state index contributed by atoms with van der Waals surface area (Å²) in [4.78, 5) is 25.6. The molecule has 0 saturated carbocycles. The summed E-state index contributed by atoms with van der Waals surface area (Å²) in [6.07, 6.45) is 0. The Bertz CT molecular complexity index is 699. The molecule has 2 amide bonds.